The van der Waals surface area contributed by atoms with Gasteiger partial charge in [0.05, 0.1) is 6.54 Å². The van der Waals surface area contributed by atoms with Gasteiger partial charge in [0.2, 0.25) is 5.16 Å². The zero-order chi connectivity index (χ0) is 13.5. The second-order valence-electron chi connectivity index (χ2n) is 3.62. The summed E-state index contributed by atoms with van der Waals surface area (Å²) < 4.78 is 14.4. The van der Waals surface area contributed by atoms with Crippen LogP contribution in [-0.4, -0.2) is 38.3 Å². The zero-order valence-electron chi connectivity index (χ0n) is 10.2. The first-order valence-electron chi connectivity index (χ1n) is 5.77. The molecule has 0 aliphatic heterocycles. The van der Waals surface area contributed by atoms with Crippen LogP contribution in [0.5, 0.6) is 0 Å². The standard InChI is InChI=1S/C11H14FN5S2/c12-9-1-3-10(4-2-9)18-7-8-19-11-14-15-16-17(11)6-5-13/h1-4H,5-8,13H2. The molecule has 0 unspecified atom stereocenters. The van der Waals surface area contributed by atoms with Crippen molar-refractivity contribution in [2.75, 3.05) is 18.1 Å². The number of hydrogen-bond donors (Lipinski definition) is 1. The summed E-state index contributed by atoms with van der Waals surface area (Å²) in [5.74, 6) is 1.58. The van der Waals surface area contributed by atoms with E-state index in [-0.39, 0.29) is 5.82 Å². The summed E-state index contributed by atoms with van der Waals surface area (Å²) in [4.78, 5) is 1.06. The summed E-state index contributed by atoms with van der Waals surface area (Å²) in [6.07, 6.45) is 0. The van der Waals surface area contributed by atoms with Gasteiger partial charge in [0, 0.05) is 22.9 Å². The first-order chi connectivity index (χ1) is 9.29. The van der Waals surface area contributed by atoms with Gasteiger partial charge in [-0.2, -0.15) is 0 Å². The van der Waals surface area contributed by atoms with E-state index in [1.807, 2.05) is 0 Å². The molecule has 0 radical (unpaired) electrons. The van der Waals surface area contributed by atoms with Gasteiger partial charge in [0.15, 0.2) is 0 Å². The average molecular weight is 299 g/mol. The molecule has 0 spiro atoms. The third-order valence-corrected chi connectivity index (χ3v) is 4.47. The maximum Gasteiger partial charge on any atom is 0.209 e. The van der Waals surface area contributed by atoms with Crippen molar-refractivity contribution >= 4 is 23.5 Å². The lowest BCUT2D eigenvalue weighted by atomic mass is 10.4. The molecule has 2 N–H and O–H groups in total. The highest BCUT2D eigenvalue weighted by atomic mass is 32.2. The summed E-state index contributed by atoms with van der Waals surface area (Å²) >= 11 is 3.27. The van der Waals surface area contributed by atoms with Gasteiger partial charge < -0.3 is 5.73 Å². The summed E-state index contributed by atoms with van der Waals surface area (Å²) in [6, 6.07) is 6.50. The molecule has 0 fully saturated rings. The summed E-state index contributed by atoms with van der Waals surface area (Å²) in [6.45, 7) is 1.14. The minimum Gasteiger partial charge on any atom is -0.329 e. The molecular formula is C11H14FN5S2. The van der Waals surface area contributed by atoms with Crippen LogP contribution in [0.4, 0.5) is 4.39 Å². The Bertz CT molecular complexity index is 502. The van der Waals surface area contributed by atoms with E-state index in [2.05, 4.69) is 15.5 Å². The molecule has 1 aromatic carbocycles. The normalized spacial score (nSPS) is 10.8. The third kappa shape index (κ3) is 4.48. The topological polar surface area (TPSA) is 69.6 Å². The number of tetrazole rings is 1. The SMILES string of the molecule is NCCn1nnnc1SCCSc1ccc(F)cc1. The van der Waals surface area contributed by atoms with E-state index in [0.717, 1.165) is 21.6 Å². The second-order valence-corrected chi connectivity index (χ2v) is 5.85. The van der Waals surface area contributed by atoms with Crippen LogP contribution in [0.2, 0.25) is 0 Å². The van der Waals surface area contributed by atoms with E-state index in [1.54, 1.807) is 40.3 Å². The lowest BCUT2D eigenvalue weighted by molar-refractivity contribution is 0.557. The van der Waals surface area contributed by atoms with E-state index in [1.165, 1.54) is 12.1 Å². The van der Waals surface area contributed by atoms with Crippen molar-refractivity contribution in [2.45, 2.75) is 16.6 Å². The summed E-state index contributed by atoms with van der Waals surface area (Å²) in [5, 5.41) is 12.2. The predicted molar refractivity (Wildman–Crippen MR) is 74.7 cm³/mol. The van der Waals surface area contributed by atoms with Crippen molar-refractivity contribution in [2.24, 2.45) is 5.73 Å². The lowest BCUT2D eigenvalue weighted by Gasteiger charge is -2.03. The predicted octanol–water partition coefficient (Wildman–Crippen LogP) is 1.66. The van der Waals surface area contributed by atoms with E-state index in [4.69, 9.17) is 5.73 Å². The number of nitrogens with zero attached hydrogens (tertiary/aromatic N) is 4. The number of benzene rings is 1. The smallest absolute Gasteiger partial charge is 0.209 e. The molecule has 2 aromatic rings. The Morgan fingerprint density at radius 2 is 1.89 bits per heavy atom. The van der Waals surface area contributed by atoms with E-state index in [0.29, 0.717) is 13.1 Å². The first kappa shape index (κ1) is 14.3. The fraction of sp³-hybridized carbons (Fsp3) is 0.364. The Labute approximate surface area is 119 Å². The van der Waals surface area contributed by atoms with Crippen LogP contribution in [-0.2, 0) is 6.54 Å². The Morgan fingerprint density at radius 3 is 2.63 bits per heavy atom. The maximum absolute atomic E-state index is 12.7. The molecule has 102 valence electrons. The largest absolute Gasteiger partial charge is 0.329 e. The molecule has 2 rings (SSSR count). The molecule has 1 aromatic heterocycles. The number of halogens is 1. The van der Waals surface area contributed by atoms with Gasteiger partial charge in [-0.3, -0.25) is 0 Å². The molecule has 0 saturated heterocycles. The van der Waals surface area contributed by atoms with Gasteiger partial charge in [-0.15, -0.1) is 16.9 Å². The monoisotopic (exact) mass is 299 g/mol. The lowest BCUT2D eigenvalue weighted by Crippen LogP contribution is -2.12. The molecule has 0 aliphatic rings. The Kier molecular flexibility index (Phi) is 5.62. The van der Waals surface area contributed by atoms with Crippen molar-refractivity contribution in [3.05, 3.63) is 30.1 Å². The van der Waals surface area contributed by atoms with Gasteiger partial charge in [0.25, 0.3) is 0 Å². The molecule has 5 nitrogen and oxygen atoms in total. The van der Waals surface area contributed by atoms with Gasteiger partial charge in [-0.1, -0.05) is 11.8 Å². The second kappa shape index (κ2) is 7.46. The minimum absolute atomic E-state index is 0.209. The van der Waals surface area contributed by atoms with Crippen molar-refractivity contribution in [3.8, 4) is 0 Å². The Hall–Kier alpha value is -1.12. The van der Waals surface area contributed by atoms with Crippen molar-refractivity contribution in [1.82, 2.24) is 20.2 Å². The minimum atomic E-state index is -0.209. The molecular weight excluding hydrogens is 285 g/mol. The van der Waals surface area contributed by atoms with Gasteiger partial charge in [-0.05, 0) is 34.7 Å². The summed E-state index contributed by atoms with van der Waals surface area (Å²) in [7, 11) is 0. The van der Waals surface area contributed by atoms with Crippen LogP contribution < -0.4 is 5.73 Å². The molecule has 0 atom stereocenters. The quantitative estimate of drug-likeness (QED) is 0.619. The van der Waals surface area contributed by atoms with Crippen LogP contribution in [0.3, 0.4) is 0 Å². The fourth-order valence-corrected chi connectivity index (χ4v) is 3.17. The zero-order valence-corrected chi connectivity index (χ0v) is 11.8. The molecule has 19 heavy (non-hydrogen) atoms. The third-order valence-electron chi connectivity index (χ3n) is 2.24. The van der Waals surface area contributed by atoms with Gasteiger partial charge in [-0.25, -0.2) is 9.07 Å². The highest BCUT2D eigenvalue weighted by Gasteiger charge is 2.05. The molecule has 1 heterocycles. The molecule has 0 aliphatic carbocycles. The van der Waals surface area contributed by atoms with Crippen molar-refractivity contribution < 1.29 is 4.39 Å². The van der Waals surface area contributed by atoms with Crippen LogP contribution in [0.15, 0.2) is 34.3 Å². The fourth-order valence-electron chi connectivity index (χ4n) is 1.39. The first-order valence-corrected chi connectivity index (χ1v) is 7.74. The van der Waals surface area contributed by atoms with Crippen LogP contribution in [0.1, 0.15) is 0 Å². The van der Waals surface area contributed by atoms with E-state index >= 15 is 0 Å². The van der Waals surface area contributed by atoms with Crippen molar-refractivity contribution in [3.63, 3.8) is 0 Å². The number of nitrogens with two attached hydrogens (primary N) is 1. The Morgan fingerprint density at radius 1 is 1.16 bits per heavy atom. The van der Waals surface area contributed by atoms with Crippen LogP contribution in [0.25, 0.3) is 0 Å². The van der Waals surface area contributed by atoms with Crippen LogP contribution in [0, 0.1) is 5.82 Å². The highest BCUT2D eigenvalue weighted by molar-refractivity contribution is 8.02. The number of rotatable bonds is 7. The Balaban J connectivity index is 1.74. The van der Waals surface area contributed by atoms with Gasteiger partial charge in [0.1, 0.15) is 5.82 Å². The highest BCUT2D eigenvalue weighted by Crippen LogP contribution is 2.21. The molecule has 0 bridgehead atoms. The number of hydrogen-bond acceptors (Lipinski definition) is 6. The summed E-state index contributed by atoms with van der Waals surface area (Å²) in [5.41, 5.74) is 5.47. The van der Waals surface area contributed by atoms with Gasteiger partial charge >= 0.3 is 0 Å². The average Bonchev–Trinajstić information content (AvgIpc) is 2.85. The van der Waals surface area contributed by atoms with E-state index < -0.39 is 0 Å². The number of aromatic nitrogens is 4. The van der Waals surface area contributed by atoms with Crippen LogP contribution >= 0.6 is 23.5 Å². The molecule has 0 saturated carbocycles. The molecule has 0 amide bonds. The van der Waals surface area contributed by atoms with E-state index in [9.17, 15) is 4.39 Å². The maximum atomic E-state index is 12.7. The van der Waals surface area contributed by atoms with Crippen molar-refractivity contribution in [1.29, 1.82) is 0 Å². The molecule has 8 heteroatoms. The number of thioether (sulfide) groups is 2.